The fraction of sp³-hybridized carbons (Fsp3) is 0.235. The highest BCUT2D eigenvalue weighted by atomic mass is 32.2. The minimum atomic E-state index is -0.368. The maximum Gasteiger partial charge on any atom is 0.230 e. The number of amides is 1. The molecule has 124 valence electrons. The molecule has 2 atom stereocenters. The Morgan fingerprint density at radius 1 is 1.17 bits per heavy atom. The summed E-state index contributed by atoms with van der Waals surface area (Å²) >= 11 is 2.96. The molecule has 0 radical (unpaired) electrons. The molecule has 0 aliphatic rings. The number of thioether (sulfide) groups is 1. The molecule has 2 aromatic heterocycles. The number of rotatable bonds is 6. The van der Waals surface area contributed by atoms with Crippen molar-refractivity contribution in [3.05, 3.63) is 53.4 Å². The molecule has 0 bridgehead atoms. The highest BCUT2D eigenvalue weighted by Gasteiger charge is 2.23. The van der Waals surface area contributed by atoms with E-state index in [0.29, 0.717) is 5.16 Å². The van der Waals surface area contributed by atoms with Gasteiger partial charge in [-0.1, -0.05) is 48.2 Å². The summed E-state index contributed by atoms with van der Waals surface area (Å²) in [4.78, 5) is 12.5. The average molecular weight is 358 g/mol. The van der Waals surface area contributed by atoms with Crippen molar-refractivity contribution in [3.63, 3.8) is 0 Å². The van der Waals surface area contributed by atoms with E-state index in [0.717, 1.165) is 16.3 Å². The Balaban J connectivity index is 2.06. The van der Waals surface area contributed by atoms with Crippen LogP contribution in [0, 0.1) is 0 Å². The first-order valence-corrected chi connectivity index (χ1v) is 9.33. The van der Waals surface area contributed by atoms with Crippen LogP contribution in [-0.4, -0.2) is 25.9 Å². The van der Waals surface area contributed by atoms with E-state index in [4.69, 9.17) is 5.73 Å². The van der Waals surface area contributed by atoms with Crippen molar-refractivity contribution in [1.82, 2.24) is 14.8 Å². The lowest BCUT2D eigenvalue weighted by Crippen LogP contribution is -2.23. The van der Waals surface area contributed by atoms with E-state index in [-0.39, 0.29) is 17.2 Å². The van der Waals surface area contributed by atoms with Gasteiger partial charge in [0.2, 0.25) is 5.91 Å². The minimum Gasteiger partial charge on any atom is -0.369 e. The van der Waals surface area contributed by atoms with Crippen molar-refractivity contribution >= 4 is 29.0 Å². The molecular weight excluding hydrogens is 340 g/mol. The van der Waals surface area contributed by atoms with Crippen molar-refractivity contribution < 1.29 is 4.79 Å². The first kappa shape index (κ1) is 16.7. The van der Waals surface area contributed by atoms with E-state index < -0.39 is 0 Å². The van der Waals surface area contributed by atoms with E-state index >= 15 is 0 Å². The summed E-state index contributed by atoms with van der Waals surface area (Å²) in [7, 11) is 0. The van der Waals surface area contributed by atoms with Crippen molar-refractivity contribution in [3.8, 4) is 10.7 Å². The summed E-state index contributed by atoms with van der Waals surface area (Å²) < 4.78 is 2.07. The third kappa shape index (κ3) is 3.37. The smallest absolute Gasteiger partial charge is 0.230 e. The molecule has 5 nitrogen and oxygen atoms in total. The molecule has 1 aromatic carbocycles. The van der Waals surface area contributed by atoms with Gasteiger partial charge in [0.15, 0.2) is 11.0 Å². The van der Waals surface area contributed by atoms with Gasteiger partial charge in [-0.3, -0.25) is 9.36 Å². The second-order valence-electron chi connectivity index (χ2n) is 5.40. The van der Waals surface area contributed by atoms with Gasteiger partial charge in [-0.2, -0.15) is 0 Å². The van der Waals surface area contributed by atoms with Gasteiger partial charge in [-0.15, -0.1) is 21.5 Å². The third-order valence-electron chi connectivity index (χ3n) is 3.76. The second-order valence-corrected chi connectivity index (χ2v) is 7.66. The SMILES string of the molecule is CC(Sc1nnc(-c2cccs2)n1C(C)c1ccccc1)C(N)=O. The molecule has 0 aliphatic carbocycles. The summed E-state index contributed by atoms with van der Waals surface area (Å²) in [6.07, 6.45) is 0. The Morgan fingerprint density at radius 2 is 1.92 bits per heavy atom. The fourth-order valence-electron chi connectivity index (χ4n) is 2.38. The first-order chi connectivity index (χ1) is 11.6. The van der Waals surface area contributed by atoms with Crippen molar-refractivity contribution in [2.45, 2.75) is 30.3 Å². The molecular formula is C17H18N4OS2. The summed E-state index contributed by atoms with van der Waals surface area (Å²) in [6, 6.07) is 14.2. The second kappa shape index (κ2) is 7.19. The highest BCUT2D eigenvalue weighted by molar-refractivity contribution is 8.00. The maximum absolute atomic E-state index is 11.4. The van der Waals surface area contributed by atoms with Gasteiger partial charge in [0.05, 0.1) is 16.2 Å². The van der Waals surface area contributed by atoms with E-state index in [1.807, 2.05) is 35.7 Å². The van der Waals surface area contributed by atoms with Gasteiger partial charge >= 0.3 is 0 Å². The number of hydrogen-bond donors (Lipinski definition) is 1. The van der Waals surface area contributed by atoms with Crippen LogP contribution in [0.4, 0.5) is 0 Å². The first-order valence-electron chi connectivity index (χ1n) is 7.57. The van der Waals surface area contributed by atoms with Gasteiger partial charge in [0.25, 0.3) is 0 Å². The Labute approximate surface area is 148 Å². The zero-order chi connectivity index (χ0) is 17.1. The van der Waals surface area contributed by atoms with Crippen LogP contribution in [0.2, 0.25) is 0 Å². The van der Waals surface area contributed by atoms with Crippen LogP contribution in [0.1, 0.15) is 25.5 Å². The Kier molecular flexibility index (Phi) is 5.01. The van der Waals surface area contributed by atoms with Crippen LogP contribution >= 0.6 is 23.1 Å². The maximum atomic E-state index is 11.4. The van der Waals surface area contributed by atoms with E-state index in [2.05, 4.69) is 33.8 Å². The lowest BCUT2D eigenvalue weighted by atomic mass is 10.1. The highest BCUT2D eigenvalue weighted by Crippen LogP contribution is 2.34. The van der Waals surface area contributed by atoms with Crippen LogP contribution in [0.5, 0.6) is 0 Å². The van der Waals surface area contributed by atoms with Crippen molar-refractivity contribution in [2.75, 3.05) is 0 Å². The summed E-state index contributed by atoms with van der Waals surface area (Å²) in [5.41, 5.74) is 6.56. The number of thiophene rings is 1. The molecule has 3 aromatic rings. The molecule has 0 spiro atoms. The standard InChI is InChI=1S/C17H18N4OS2/c1-11(13-7-4-3-5-8-13)21-16(14-9-6-10-23-14)19-20-17(21)24-12(2)15(18)22/h3-12H,1-2H3,(H2,18,22). The van der Waals surface area contributed by atoms with Crippen molar-refractivity contribution in [1.29, 1.82) is 0 Å². The molecule has 0 aliphatic heterocycles. The molecule has 1 amide bonds. The number of aromatic nitrogens is 3. The number of carbonyl (C=O) groups excluding carboxylic acids is 1. The summed E-state index contributed by atoms with van der Waals surface area (Å²) in [5.74, 6) is 0.445. The van der Waals surface area contributed by atoms with Crippen LogP contribution in [0.25, 0.3) is 10.7 Å². The molecule has 3 rings (SSSR count). The fourth-order valence-corrected chi connectivity index (χ4v) is 3.96. The van der Waals surface area contributed by atoms with E-state index in [9.17, 15) is 4.79 Å². The lowest BCUT2D eigenvalue weighted by molar-refractivity contribution is -0.117. The molecule has 7 heteroatoms. The molecule has 2 unspecified atom stereocenters. The van der Waals surface area contributed by atoms with Crippen LogP contribution < -0.4 is 5.73 Å². The number of primary amides is 1. The molecule has 0 fully saturated rings. The monoisotopic (exact) mass is 358 g/mol. The zero-order valence-electron chi connectivity index (χ0n) is 13.4. The van der Waals surface area contributed by atoms with Crippen LogP contribution in [-0.2, 0) is 4.79 Å². The predicted octanol–water partition coefficient (Wildman–Crippen LogP) is 3.58. The number of hydrogen-bond acceptors (Lipinski definition) is 5. The van der Waals surface area contributed by atoms with E-state index in [1.54, 1.807) is 18.3 Å². The number of benzene rings is 1. The largest absolute Gasteiger partial charge is 0.369 e. The number of nitrogens with two attached hydrogens (primary N) is 1. The topological polar surface area (TPSA) is 73.8 Å². The zero-order valence-corrected chi connectivity index (χ0v) is 15.1. The molecule has 0 saturated heterocycles. The average Bonchev–Trinajstić information content (AvgIpc) is 3.24. The number of carbonyl (C=O) groups is 1. The van der Waals surface area contributed by atoms with Gasteiger partial charge in [0.1, 0.15) is 0 Å². The summed E-state index contributed by atoms with van der Waals surface area (Å²) in [6.45, 7) is 3.89. The molecule has 24 heavy (non-hydrogen) atoms. The van der Waals surface area contributed by atoms with E-state index in [1.165, 1.54) is 11.8 Å². The number of nitrogens with zero attached hydrogens (tertiary/aromatic N) is 3. The molecule has 2 N–H and O–H groups in total. The molecule has 0 saturated carbocycles. The van der Waals surface area contributed by atoms with Crippen LogP contribution in [0.3, 0.4) is 0 Å². The lowest BCUT2D eigenvalue weighted by Gasteiger charge is -2.19. The Morgan fingerprint density at radius 3 is 2.54 bits per heavy atom. The van der Waals surface area contributed by atoms with Crippen molar-refractivity contribution in [2.24, 2.45) is 5.73 Å². The van der Waals surface area contributed by atoms with Gasteiger partial charge in [-0.05, 0) is 30.9 Å². The van der Waals surface area contributed by atoms with Gasteiger partial charge in [-0.25, -0.2) is 0 Å². The van der Waals surface area contributed by atoms with Crippen LogP contribution in [0.15, 0.2) is 53.0 Å². The normalized spacial score (nSPS) is 13.6. The Hall–Kier alpha value is -2.12. The third-order valence-corrected chi connectivity index (χ3v) is 5.70. The molecule has 2 heterocycles. The summed E-state index contributed by atoms with van der Waals surface area (Å²) in [5, 5.41) is 11.0. The van der Waals surface area contributed by atoms with Gasteiger partial charge < -0.3 is 5.73 Å². The quantitative estimate of drug-likeness (QED) is 0.684. The minimum absolute atomic E-state index is 0.0425. The Bertz CT molecular complexity index is 815. The predicted molar refractivity (Wildman–Crippen MR) is 98.1 cm³/mol. The van der Waals surface area contributed by atoms with Gasteiger partial charge in [0, 0.05) is 0 Å².